The van der Waals surface area contributed by atoms with E-state index in [1.165, 1.54) is 30.3 Å². The van der Waals surface area contributed by atoms with Gasteiger partial charge in [-0.1, -0.05) is 34.8 Å². The van der Waals surface area contributed by atoms with Crippen LogP contribution in [0.2, 0.25) is 15.1 Å². The molecule has 0 fully saturated rings. The standard InChI is InChI=1S/C15H9Cl3N2O5/c16-8-1-3-11(18)10(5-8)15(22)25-7-14(21)19-12-4-2-9(17)6-13(12)20(23)24/h1-6H,7H2,(H,19,21). The molecule has 130 valence electrons. The maximum absolute atomic E-state index is 11.9. The van der Waals surface area contributed by atoms with Crippen LogP contribution in [0.3, 0.4) is 0 Å². The molecule has 1 amide bonds. The Kier molecular flexibility index (Phi) is 6.19. The van der Waals surface area contributed by atoms with Crippen LogP contribution in [-0.4, -0.2) is 23.4 Å². The fraction of sp³-hybridized carbons (Fsp3) is 0.0667. The van der Waals surface area contributed by atoms with Crippen molar-refractivity contribution < 1.29 is 19.2 Å². The van der Waals surface area contributed by atoms with E-state index in [9.17, 15) is 19.7 Å². The molecule has 7 nitrogen and oxygen atoms in total. The molecule has 0 aromatic heterocycles. The van der Waals surface area contributed by atoms with Crippen LogP contribution in [0.1, 0.15) is 10.4 Å². The Hall–Kier alpha value is -2.35. The second-order valence-corrected chi connectivity index (χ2v) is 5.95. The van der Waals surface area contributed by atoms with Crippen LogP contribution in [0, 0.1) is 10.1 Å². The Morgan fingerprint density at radius 3 is 2.40 bits per heavy atom. The van der Waals surface area contributed by atoms with E-state index in [0.29, 0.717) is 0 Å². The summed E-state index contributed by atoms with van der Waals surface area (Å²) in [6.07, 6.45) is 0. The Labute approximate surface area is 156 Å². The molecule has 0 saturated carbocycles. The van der Waals surface area contributed by atoms with Gasteiger partial charge in [0, 0.05) is 16.1 Å². The highest BCUT2D eigenvalue weighted by atomic mass is 35.5. The number of rotatable bonds is 5. The Morgan fingerprint density at radius 1 is 1.08 bits per heavy atom. The van der Waals surface area contributed by atoms with E-state index >= 15 is 0 Å². The summed E-state index contributed by atoms with van der Waals surface area (Å²) in [5.74, 6) is -1.62. The average Bonchev–Trinajstić information content (AvgIpc) is 2.56. The van der Waals surface area contributed by atoms with Gasteiger partial charge < -0.3 is 10.1 Å². The van der Waals surface area contributed by atoms with Gasteiger partial charge in [0.2, 0.25) is 0 Å². The fourth-order valence-electron chi connectivity index (χ4n) is 1.81. The molecule has 10 heteroatoms. The normalized spacial score (nSPS) is 10.2. The number of benzene rings is 2. The number of hydrogen-bond donors (Lipinski definition) is 1. The SMILES string of the molecule is O=C(COC(=O)c1cc(Cl)ccc1Cl)Nc1ccc(Cl)cc1[N+](=O)[O-]. The van der Waals surface area contributed by atoms with Gasteiger partial charge in [-0.25, -0.2) is 4.79 Å². The number of ether oxygens (including phenoxy) is 1. The lowest BCUT2D eigenvalue weighted by atomic mass is 10.2. The maximum atomic E-state index is 11.9. The first-order valence-electron chi connectivity index (χ1n) is 6.64. The number of nitrogens with one attached hydrogen (secondary N) is 1. The van der Waals surface area contributed by atoms with Gasteiger partial charge in [0.1, 0.15) is 5.69 Å². The van der Waals surface area contributed by atoms with Crippen molar-refractivity contribution in [1.29, 1.82) is 0 Å². The van der Waals surface area contributed by atoms with Crippen LogP contribution in [0.15, 0.2) is 36.4 Å². The first-order valence-corrected chi connectivity index (χ1v) is 7.77. The topological polar surface area (TPSA) is 98.5 Å². The summed E-state index contributed by atoms with van der Waals surface area (Å²) < 4.78 is 4.83. The molecule has 2 aromatic rings. The highest BCUT2D eigenvalue weighted by molar-refractivity contribution is 6.35. The van der Waals surface area contributed by atoms with Crippen LogP contribution in [0.25, 0.3) is 0 Å². The third kappa shape index (κ3) is 5.06. The number of nitro benzene ring substituents is 1. The average molecular weight is 404 g/mol. The predicted octanol–water partition coefficient (Wildman–Crippen LogP) is 4.35. The van der Waals surface area contributed by atoms with E-state index in [1.807, 2.05) is 0 Å². The molecule has 25 heavy (non-hydrogen) atoms. The van der Waals surface area contributed by atoms with Crippen molar-refractivity contribution in [1.82, 2.24) is 0 Å². The van der Waals surface area contributed by atoms with E-state index in [4.69, 9.17) is 39.5 Å². The van der Waals surface area contributed by atoms with E-state index in [0.717, 1.165) is 6.07 Å². The summed E-state index contributed by atoms with van der Waals surface area (Å²) in [5, 5.41) is 13.8. The van der Waals surface area contributed by atoms with Crippen LogP contribution < -0.4 is 5.32 Å². The summed E-state index contributed by atoms with van der Waals surface area (Å²) in [5.41, 5.74) is -0.458. The number of amides is 1. The number of carbonyl (C=O) groups is 2. The van der Waals surface area contributed by atoms with Crippen molar-refractivity contribution in [2.24, 2.45) is 0 Å². The molecule has 2 aromatic carbocycles. The van der Waals surface area contributed by atoms with Gasteiger partial charge in [-0.3, -0.25) is 14.9 Å². The molecular formula is C15H9Cl3N2O5. The number of carbonyl (C=O) groups excluding carboxylic acids is 2. The minimum Gasteiger partial charge on any atom is -0.452 e. The molecule has 0 spiro atoms. The Morgan fingerprint density at radius 2 is 1.72 bits per heavy atom. The van der Waals surface area contributed by atoms with Gasteiger partial charge in [0.05, 0.1) is 15.5 Å². The minimum atomic E-state index is -0.853. The van der Waals surface area contributed by atoms with Crippen molar-refractivity contribution in [2.45, 2.75) is 0 Å². The van der Waals surface area contributed by atoms with Gasteiger partial charge in [0.15, 0.2) is 6.61 Å². The van der Waals surface area contributed by atoms with Gasteiger partial charge in [0.25, 0.3) is 11.6 Å². The third-order valence-corrected chi connectivity index (χ3v) is 3.71. The van der Waals surface area contributed by atoms with Crippen molar-refractivity contribution in [3.05, 3.63) is 67.1 Å². The molecule has 0 saturated heterocycles. The number of anilines is 1. The molecule has 0 unspecified atom stereocenters. The van der Waals surface area contributed by atoms with Gasteiger partial charge >= 0.3 is 5.97 Å². The third-order valence-electron chi connectivity index (χ3n) is 2.91. The largest absolute Gasteiger partial charge is 0.452 e. The lowest BCUT2D eigenvalue weighted by Crippen LogP contribution is -2.21. The summed E-state index contributed by atoms with van der Waals surface area (Å²) in [6.45, 7) is -0.665. The summed E-state index contributed by atoms with van der Waals surface area (Å²) in [4.78, 5) is 34.0. The number of hydrogen-bond acceptors (Lipinski definition) is 5. The quantitative estimate of drug-likeness (QED) is 0.454. The minimum absolute atomic E-state index is 0.000518. The summed E-state index contributed by atoms with van der Waals surface area (Å²) in [6, 6.07) is 7.95. The zero-order chi connectivity index (χ0) is 18.6. The monoisotopic (exact) mass is 402 g/mol. The lowest BCUT2D eigenvalue weighted by Gasteiger charge is -2.08. The van der Waals surface area contributed by atoms with Gasteiger partial charge in [-0.05, 0) is 30.3 Å². The van der Waals surface area contributed by atoms with E-state index in [-0.39, 0.29) is 32.0 Å². The van der Waals surface area contributed by atoms with Crippen molar-refractivity contribution in [3.8, 4) is 0 Å². The smallest absolute Gasteiger partial charge is 0.340 e. The number of nitro groups is 1. The van der Waals surface area contributed by atoms with Crippen molar-refractivity contribution in [2.75, 3.05) is 11.9 Å². The van der Waals surface area contributed by atoms with E-state index in [1.54, 1.807) is 0 Å². The number of esters is 1. The number of nitrogens with zero attached hydrogens (tertiary/aromatic N) is 1. The first kappa shape index (κ1) is 19.0. The Balaban J connectivity index is 2.03. The predicted molar refractivity (Wildman–Crippen MR) is 93.5 cm³/mol. The molecule has 0 bridgehead atoms. The van der Waals surface area contributed by atoms with E-state index < -0.39 is 23.4 Å². The number of halogens is 3. The molecule has 0 atom stereocenters. The van der Waals surface area contributed by atoms with Gasteiger partial charge in [-0.15, -0.1) is 0 Å². The lowest BCUT2D eigenvalue weighted by molar-refractivity contribution is -0.383. The van der Waals surface area contributed by atoms with Crippen molar-refractivity contribution in [3.63, 3.8) is 0 Å². The zero-order valence-electron chi connectivity index (χ0n) is 12.3. The molecule has 0 aliphatic rings. The molecule has 0 radical (unpaired) electrons. The van der Waals surface area contributed by atoms with Crippen molar-refractivity contribution >= 4 is 58.1 Å². The highest BCUT2D eigenvalue weighted by Gasteiger charge is 2.18. The molecule has 1 N–H and O–H groups in total. The molecule has 2 rings (SSSR count). The zero-order valence-corrected chi connectivity index (χ0v) is 14.6. The van der Waals surface area contributed by atoms with Crippen LogP contribution >= 0.6 is 34.8 Å². The Bertz CT molecular complexity index is 857. The molecule has 0 heterocycles. The molecule has 0 aliphatic heterocycles. The molecule has 0 aliphatic carbocycles. The summed E-state index contributed by atoms with van der Waals surface area (Å²) >= 11 is 17.3. The second-order valence-electron chi connectivity index (χ2n) is 4.67. The second kappa shape index (κ2) is 8.15. The first-order chi connectivity index (χ1) is 11.8. The highest BCUT2D eigenvalue weighted by Crippen LogP contribution is 2.27. The van der Waals surface area contributed by atoms with E-state index in [2.05, 4.69) is 5.32 Å². The fourth-order valence-corrected chi connectivity index (χ4v) is 2.34. The van der Waals surface area contributed by atoms with Gasteiger partial charge in [-0.2, -0.15) is 0 Å². The summed E-state index contributed by atoms with van der Waals surface area (Å²) in [7, 11) is 0. The van der Waals surface area contributed by atoms with Crippen LogP contribution in [0.4, 0.5) is 11.4 Å². The van der Waals surface area contributed by atoms with Crippen LogP contribution in [-0.2, 0) is 9.53 Å². The molecular weight excluding hydrogens is 395 g/mol. The van der Waals surface area contributed by atoms with Crippen LogP contribution in [0.5, 0.6) is 0 Å². The maximum Gasteiger partial charge on any atom is 0.340 e.